The van der Waals surface area contributed by atoms with Crippen molar-refractivity contribution in [1.29, 1.82) is 0 Å². The number of benzene rings is 2. The average Bonchev–Trinajstić information content (AvgIpc) is 3.49. The number of oxazole rings is 1. The van der Waals surface area contributed by atoms with Gasteiger partial charge in [-0.25, -0.2) is 14.4 Å². The average molecular weight is 418 g/mol. The zero-order valence-corrected chi connectivity index (χ0v) is 17.3. The predicted octanol–water partition coefficient (Wildman–Crippen LogP) is 4.43. The maximum Gasteiger partial charge on any atom is 0.243 e. The van der Waals surface area contributed by atoms with Crippen LogP contribution < -0.4 is 0 Å². The summed E-state index contributed by atoms with van der Waals surface area (Å²) in [6.45, 7) is 2.81. The molecule has 5 rings (SSSR count). The lowest BCUT2D eigenvalue weighted by atomic mass is 10.1. The quantitative estimate of drug-likeness (QED) is 0.481. The Morgan fingerprint density at radius 3 is 2.87 bits per heavy atom. The lowest BCUT2D eigenvalue weighted by Gasteiger charge is -2.23. The number of aryl methyl sites for hydroxylation is 1. The molecule has 1 saturated heterocycles. The predicted molar refractivity (Wildman–Crippen MR) is 114 cm³/mol. The topological polar surface area (TPSA) is 64.2 Å². The van der Waals surface area contributed by atoms with Crippen molar-refractivity contribution in [3.8, 4) is 0 Å². The Morgan fingerprint density at radius 2 is 2.00 bits per heavy atom. The molecule has 1 amide bonds. The van der Waals surface area contributed by atoms with Crippen LogP contribution in [0, 0.1) is 12.7 Å². The Hall–Kier alpha value is -3.48. The molecule has 31 heavy (non-hydrogen) atoms. The lowest BCUT2D eigenvalue weighted by Crippen LogP contribution is -2.33. The monoisotopic (exact) mass is 418 g/mol. The number of imidazole rings is 1. The van der Waals surface area contributed by atoms with Crippen molar-refractivity contribution in [2.45, 2.75) is 38.8 Å². The van der Waals surface area contributed by atoms with Crippen LogP contribution in [0.4, 0.5) is 4.39 Å². The van der Waals surface area contributed by atoms with Gasteiger partial charge in [-0.2, -0.15) is 0 Å². The largest absolute Gasteiger partial charge is 0.443 e. The van der Waals surface area contributed by atoms with Crippen LogP contribution in [0.2, 0.25) is 0 Å². The van der Waals surface area contributed by atoms with E-state index in [4.69, 9.17) is 4.42 Å². The number of rotatable bonds is 5. The fourth-order valence-electron chi connectivity index (χ4n) is 4.33. The third-order valence-corrected chi connectivity index (χ3v) is 5.89. The van der Waals surface area contributed by atoms with Crippen LogP contribution in [0.25, 0.3) is 11.0 Å². The van der Waals surface area contributed by atoms with Gasteiger partial charge in [-0.3, -0.25) is 4.79 Å². The second-order valence-corrected chi connectivity index (χ2v) is 7.91. The second-order valence-electron chi connectivity index (χ2n) is 7.91. The molecule has 0 bridgehead atoms. The molecule has 1 aliphatic heterocycles. The van der Waals surface area contributed by atoms with Crippen molar-refractivity contribution in [3.63, 3.8) is 0 Å². The van der Waals surface area contributed by atoms with Crippen LogP contribution in [0.3, 0.4) is 0 Å². The Morgan fingerprint density at radius 1 is 1.19 bits per heavy atom. The van der Waals surface area contributed by atoms with Crippen LogP contribution in [-0.4, -0.2) is 31.9 Å². The van der Waals surface area contributed by atoms with Crippen LogP contribution in [0.1, 0.15) is 41.9 Å². The smallest absolute Gasteiger partial charge is 0.243 e. The number of para-hydroxylation sites is 2. The molecule has 1 fully saturated rings. The van der Waals surface area contributed by atoms with Gasteiger partial charge >= 0.3 is 0 Å². The molecule has 4 aromatic rings. The second kappa shape index (κ2) is 7.98. The number of halogens is 1. The summed E-state index contributed by atoms with van der Waals surface area (Å²) in [5.41, 5.74) is 2.40. The number of likely N-dealkylation sites (tertiary alicyclic amines) is 1. The van der Waals surface area contributed by atoms with E-state index in [-0.39, 0.29) is 24.3 Å². The van der Waals surface area contributed by atoms with Gasteiger partial charge in [-0.05, 0) is 43.5 Å². The number of fused-ring (bicyclic) bond motifs is 1. The number of hydrogen-bond acceptors (Lipinski definition) is 4. The minimum Gasteiger partial charge on any atom is -0.443 e. The van der Waals surface area contributed by atoms with Crippen molar-refractivity contribution < 1.29 is 13.6 Å². The highest BCUT2D eigenvalue weighted by Gasteiger charge is 2.33. The van der Waals surface area contributed by atoms with Gasteiger partial charge in [-0.1, -0.05) is 30.3 Å². The Bertz CT molecular complexity index is 1250. The summed E-state index contributed by atoms with van der Waals surface area (Å²) >= 11 is 0. The number of aromatic nitrogens is 3. The fourth-order valence-corrected chi connectivity index (χ4v) is 4.33. The third kappa shape index (κ3) is 3.71. The molecule has 0 aliphatic carbocycles. The SMILES string of the molecule is Cc1nc2ccccc2n1CC(=O)N1CCC[C@H]1c1ncc(Cc2ccccc2F)o1. The first-order chi connectivity index (χ1) is 15.1. The molecular weight excluding hydrogens is 395 g/mol. The van der Waals surface area contributed by atoms with Crippen molar-refractivity contribution in [1.82, 2.24) is 19.4 Å². The Labute approximate surface area is 179 Å². The van der Waals surface area contributed by atoms with Gasteiger partial charge in [0, 0.05) is 13.0 Å². The Balaban J connectivity index is 1.34. The molecule has 158 valence electrons. The summed E-state index contributed by atoms with van der Waals surface area (Å²) in [4.78, 5) is 24.0. The van der Waals surface area contributed by atoms with Gasteiger partial charge in [0.15, 0.2) is 0 Å². The van der Waals surface area contributed by atoms with E-state index >= 15 is 0 Å². The minimum atomic E-state index is -0.263. The first-order valence-electron chi connectivity index (χ1n) is 10.5. The zero-order valence-electron chi connectivity index (χ0n) is 17.3. The number of nitrogens with zero attached hydrogens (tertiary/aromatic N) is 4. The molecule has 0 saturated carbocycles. The molecule has 0 radical (unpaired) electrons. The maximum absolute atomic E-state index is 14.0. The van der Waals surface area contributed by atoms with E-state index in [1.54, 1.807) is 24.4 Å². The van der Waals surface area contributed by atoms with Crippen molar-refractivity contribution >= 4 is 16.9 Å². The summed E-state index contributed by atoms with van der Waals surface area (Å²) in [6, 6.07) is 14.3. The van der Waals surface area contributed by atoms with Gasteiger partial charge in [0.1, 0.15) is 30.0 Å². The minimum absolute atomic E-state index is 0.0163. The van der Waals surface area contributed by atoms with Crippen LogP contribution in [0.5, 0.6) is 0 Å². The van der Waals surface area contributed by atoms with Crippen molar-refractivity contribution in [3.05, 3.63) is 83.6 Å². The van der Waals surface area contributed by atoms with Gasteiger partial charge in [0.2, 0.25) is 11.8 Å². The molecule has 6 nitrogen and oxygen atoms in total. The molecule has 2 aromatic carbocycles. The summed E-state index contributed by atoms with van der Waals surface area (Å²) in [7, 11) is 0. The summed E-state index contributed by atoms with van der Waals surface area (Å²) in [5, 5.41) is 0. The maximum atomic E-state index is 14.0. The molecule has 3 heterocycles. The normalized spacial score (nSPS) is 16.3. The standard InChI is InChI=1S/C24H23FN4O2/c1-16-27-20-9-4-5-10-21(20)29(16)15-23(30)28-12-6-11-22(28)24-26-14-18(31-24)13-17-7-2-3-8-19(17)25/h2-5,7-10,14,22H,6,11-13,15H2,1H3/t22-/m0/s1. The van der Waals surface area contributed by atoms with E-state index in [0.717, 1.165) is 29.7 Å². The molecule has 1 atom stereocenters. The number of amides is 1. The summed E-state index contributed by atoms with van der Waals surface area (Å²) in [5.74, 6) is 1.68. The highest BCUT2D eigenvalue weighted by Crippen LogP contribution is 2.32. The number of carbonyl (C=O) groups excluding carboxylic acids is 1. The van der Waals surface area contributed by atoms with Gasteiger partial charge in [0.05, 0.1) is 17.2 Å². The third-order valence-electron chi connectivity index (χ3n) is 5.89. The van der Waals surface area contributed by atoms with Crippen LogP contribution >= 0.6 is 0 Å². The van der Waals surface area contributed by atoms with Crippen LogP contribution in [0.15, 0.2) is 59.1 Å². The first-order valence-corrected chi connectivity index (χ1v) is 10.5. The molecule has 1 aliphatic rings. The highest BCUT2D eigenvalue weighted by molar-refractivity contribution is 5.81. The Kier molecular flexibility index (Phi) is 5.02. The van der Waals surface area contributed by atoms with E-state index in [2.05, 4.69) is 9.97 Å². The zero-order chi connectivity index (χ0) is 21.4. The van der Waals surface area contributed by atoms with Crippen molar-refractivity contribution in [2.75, 3.05) is 6.54 Å². The van der Waals surface area contributed by atoms with Gasteiger partial charge < -0.3 is 13.9 Å². The molecule has 0 spiro atoms. The molecule has 0 unspecified atom stereocenters. The van der Waals surface area contributed by atoms with E-state index in [1.807, 2.05) is 40.7 Å². The van der Waals surface area contributed by atoms with E-state index in [0.29, 0.717) is 30.2 Å². The molecule has 7 heteroatoms. The van der Waals surface area contributed by atoms with Crippen LogP contribution in [-0.2, 0) is 17.8 Å². The van der Waals surface area contributed by atoms with Gasteiger partial charge in [0.25, 0.3) is 0 Å². The fraction of sp³-hybridized carbons (Fsp3) is 0.292. The summed E-state index contributed by atoms with van der Waals surface area (Å²) in [6.07, 6.45) is 3.66. The van der Waals surface area contributed by atoms with E-state index < -0.39 is 0 Å². The van der Waals surface area contributed by atoms with E-state index in [9.17, 15) is 9.18 Å². The van der Waals surface area contributed by atoms with Gasteiger partial charge in [-0.15, -0.1) is 0 Å². The molecule has 2 aromatic heterocycles. The highest BCUT2D eigenvalue weighted by atomic mass is 19.1. The van der Waals surface area contributed by atoms with Crippen molar-refractivity contribution in [2.24, 2.45) is 0 Å². The summed E-state index contributed by atoms with van der Waals surface area (Å²) < 4.78 is 21.8. The number of carbonyl (C=O) groups is 1. The molecular formula is C24H23FN4O2. The van der Waals surface area contributed by atoms with E-state index in [1.165, 1.54) is 6.07 Å². The lowest BCUT2D eigenvalue weighted by molar-refractivity contribution is -0.133. The number of hydrogen-bond donors (Lipinski definition) is 0. The first kappa shape index (κ1) is 19.5. The molecule has 0 N–H and O–H groups in total.